The number of allylic oxidation sites excluding steroid dienone is 4. The second-order valence-electron chi connectivity index (χ2n) is 15.1. The molecule has 2 aromatic heterocycles. The minimum Gasteiger partial charge on any atom is -0.496 e. The number of fused-ring (bicyclic) bond motifs is 2. The van der Waals surface area contributed by atoms with E-state index in [1.54, 1.807) is 7.11 Å². The van der Waals surface area contributed by atoms with E-state index >= 15 is 0 Å². The van der Waals surface area contributed by atoms with Crippen molar-refractivity contribution in [3.63, 3.8) is 0 Å². The summed E-state index contributed by atoms with van der Waals surface area (Å²) in [7, 11) is 1.78. The van der Waals surface area contributed by atoms with Crippen LogP contribution in [0.3, 0.4) is 0 Å². The van der Waals surface area contributed by atoms with Crippen molar-refractivity contribution in [2.75, 3.05) is 95.6 Å². The molecule has 0 spiro atoms. The van der Waals surface area contributed by atoms with Gasteiger partial charge in [-0.25, -0.2) is 14.4 Å². The molecule has 0 radical (unpaired) electrons. The highest BCUT2D eigenvalue weighted by Gasteiger charge is 2.21. The van der Waals surface area contributed by atoms with E-state index in [1.165, 1.54) is 46.4 Å². The van der Waals surface area contributed by atoms with E-state index in [1.807, 2.05) is 50.5 Å². The molecule has 0 N–H and O–H groups in total. The number of pyridine rings is 2. The van der Waals surface area contributed by atoms with E-state index in [9.17, 15) is 4.39 Å². The Kier molecular flexibility index (Phi) is 17.0. The average molecular weight is 789 g/mol. The third-order valence-corrected chi connectivity index (χ3v) is 11.6. The van der Waals surface area contributed by atoms with Gasteiger partial charge in [0.2, 0.25) is 0 Å². The van der Waals surface area contributed by atoms with E-state index in [-0.39, 0.29) is 6.61 Å². The number of hydrogen-bond donors (Lipinski definition) is 0. The molecule has 58 heavy (non-hydrogen) atoms. The number of benzene rings is 2. The summed E-state index contributed by atoms with van der Waals surface area (Å²) < 4.78 is 23.7. The molecule has 2 aliphatic heterocycles. The summed E-state index contributed by atoms with van der Waals surface area (Å²) in [6, 6.07) is 24.9. The number of hydrogen-bond acceptors (Lipinski definition) is 8. The fourth-order valence-corrected chi connectivity index (χ4v) is 8.67. The quantitative estimate of drug-likeness (QED) is 0.125. The molecule has 2 aliphatic carbocycles. The Morgan fingerprint density at radius 3 is 1.52 bits per heavy atom. The predicted octanol–water partition coefficient (Wildman–Crippen LogP) is 9.41. The Hall–Kier alpha value is -4.73. The van der Waals surface area contributed by atoms with Crippen LogP contribution >= 0.6 is 0 Å². The smallest absolute Gasteiger partial charge is 0.128 e. The van der Waals surface area contributed by atoms with Crippen LogP contribution in [0.1, 0.15) is 74.6 Å². The van der Waals surface area contributed by atoms with Crippen molar-refractivity contribution in [2.45, 2.75) is 65.2 Å². The predicted molar refractivity (Wildman–Crippen MR) is 239 cm³/mol. The lowest BCUT2D eigenvalue weighted by Gasteiger charge is -2.35. The van der Waals surface area contributed by atoms with Gasteiger partial charge in [-0.2, -0.15) is 0 Å². The Balaban J connectivity index is 0.000000188. The lowest BCUT2D eigenvalue weighted by atomic mass is 9.88. The molecule has 4 aliphatic rings. The first-order valence-electron chi connectivity index (χ1n) is 21.8. The van der Waals surface area contributed by atoms with Crippen LogP contribution in [0.25, 0.3) is 11.1 Å². The van der Waals surface area contributed by atoms with Crippen molar-refractivity contribution < 1.29 is 13.9 Å². The summed E-state index contributed by atoms with van der Waals surface area (Å²) in [5, 5.41) is 0. The number of alkyl halides is 1. The van der Waals surface area contributed by atoms with Crippen molar-refractivity contribution in [1.29, 1.82) is 0 Å². The number of rotatable bonds is 14. The molecule has 2 saturated heterocycles. The zero-order valence-corrected chi connectivity index (χ0v) is 35.3. The Morgan fingerprint density at radius 2 is 1.07 bits per heavy atom. The van der Waals surface area contributed by atoms with Gasteiger partial charge in [0, 0.05) is 75.9 Å². The Labute approximate surface area is 347 Å². The second kappa shape index (κ2) is 23.0. The molecule has 9 heteroatoms. The molecular formula is C49H65FN6O2. The van der Waals surface area contributed by atoms with E-state index in [0.717, 1.165) is 127 Å². The van der Waals surface area contributed by atoms with Crippen LogP contribution in [0.15, 0.2) is 97.3 Å². The summed E-state index contributed by atoms with van der Waals surface area (Å²) in [4.78, 5) is 18.9. The maximum atomic E-state index is 12.5. The Bertz CT molecular complexity index is 1870. The molecule has 0 unspecified atom stereocenters. The molecule has 0 bridgehead atoms. The molecule has 4 aromatic rings. The first kappa shape index (κ1) is 42.9. The maximum absolute atomic E-state index is 12.5. The maximum Gasteiger partial charge on any atom is 0.128 e. The first-order valence-corrected chi connectivity index (χ1v) is 21.8. The highest BCUT2D eigenvalue weighted by Crippen LogP contribution is 2.36. The van der Waals surface area contributed by atoms with Gasteiger partial charge in [0.25, 0.3) is 0 Å². The van der Waals surface area contributed by atoms with E-state index < -0.39 is 6.67 Å². The van der Waals surface area contributed by atoms with Crippen molar-refractivity contribution in [3.05, 3.63) is 120 Å². The normalized spacial score (nSPS) is 16.7. The highest BCUT2D eigenvalue weighted by atomic mass is 19.1. The lowest BCUT2D eigenvalue weighted by molar-refractivity contribution is 0.255. The van der Waals surface area contributed by atoms with Gasteiger partial charge < -0.3 is 19.3 Å². The van der Waals surface area contributed by atoms with Crippen molar-refractivity contribution in [2.24, 2.45) is 0 Å². The van der Waals surface area contributed by atoms with E-state index in [2.05, 4.69) is 90.3 Å². The SMILES string of the molecule is CC.COc1cccc2c1CCC=C2CCCN1CCN(c2ccccn2)CC1.FCCOc1cccc2c1CCC=C2CCCN1CCN(c2ccccn2)CC1. The summed E-state index contributed by atoms with van der Waals surface area (Å²) in [5.41, 5.74) is 8.27. The van der Waals surface area contributed by atoms with Gasteiger partial charge in [-0.1, -0.05) is 62.4 Å². The van der Waals surface area contributed by atoms with Gasteiger partial charge in [0.05, 0.1) is 7.11 Å². The largest absolute Gasteiger partial charge is 0.496 e. The van der Waals surface area contributed by atoms with Gasteiger partial charge in [-0.05, 0) is 123 Å². The number of nitrogens with zero attached hydrogens (tertiary/aromatic N) is 6. The minimum absolute atomic E-state index is 0.139. The summed E-state index contributed by atoms with van der Waals surface area (Å²) in [5.74, 6) is 4.09. The van der Waals surface area contributed by atoms with Crippen molar-refractivity contribution in [1.82, 2.24) is 19.8 Å². The van der Waals surface area contributed by atoms with Crippen LogP contribution in [0.2, 0.25) is 0 Å². The lowest BCUT2D eigenvalue weighted by Crippen LogP contribution is -2.46. The van der Waals surface area contributed by atoms with Crippen molar-refractivity contribution in [3.8, 4) is 11.5 Å². The van der Waals surface area contributed by atoms with Crippen LogP contribution in [0.5, 0.6) is 11.5 Å². The second-order valence-corrected chi connectivity index (χ2v) is 15.1. The zero-order chi connectivity index (χ0) is 40.4. The molecular weight excluding hydrogens is 724 g/mol. The molecule has 0 saturated carbocycles. The summed E-state index contributed by atoms with van der Waals surface area (Å²) in [6.45, 7) is 14.6. The van der Waals surface area contributed by atoms with Crippen LogP contribution in [-0.4, -0.2) is 106 Å². The van der Waals surface area contributed by atoms with Gasteiger partial charge in [0.15, 0.2) is 0 Å². The molecule has 310 valence electrons. The Morgan fingerprint density at radius 1 is 0.586 bits per heavy atom. The molecule has 2 fully saturated rings. The fourth-order valence-electron chi connectivity index (χ4n) is 8.67. The molecule has 8 rings (SSSR count). The zero-order valence-electron chi connectivity index (χ0n) is 35.3. The highest BCUT2D eigenvalue weighted by molar-refractivity contribution is 5.73. The van der Waals surface area contributed by atoms with Crippen LogP contribution in [0.4, 0.5) is 16.0 Å². The van der Waals surface area contributed by atoms with Crippen LogP contribution < -0.4 is 19.3 Å². The molecule has 8 nitrogen and oxygen atoms in total. The first-order chi connectivity index (χ1) is 28.7. The molecule has 4 heterocycles. The van der Waals surface area contributed by atoms with Crippen molar-refractivity contribution >= 4 is 22.8 Å². The number of ether oxygens (including phenoxy) is 2. The molecule has 0 atom stereocenters. The molecule has 2 aromatic carbocycles. The number of aromatic nitrogens is 2. The van der Waals surface area contributed by atoms with Gasteiger partial charge in [-0.15, -0.1) is 0 Å². The van der Waals surface area contributed by atoms with Gasteiger partial charge in [0.1, 0.15) is 36.4 Å². The van der Waals surface area contributed by atoms with E-state index in [0.29, 0.717) is 0 Å². The average Bonchev–Trinajstić information content (AvgIpc) is 3.30. The monoisotopic (exact) mass is 789 g/mol. The standard InChI is InChI=1S/C24H30FN3O.C23H29N3O.C2H6/c25-12-19-29-23-10-4-8-21-20(6-3-9-22(21)23)7-5-14-27-15-17-28(18-16-27)24-11-1-2-13-26-24;1-27-22-11-5-9-20-19(7-4-10-21(20)22)8-6-14-25-15-17-26(18-16-25)23-12-2-3-13-24-23;1-2/h1-2,4,6,8,10-11,13H,3,5,7,9,12,14-19H2;2-3,5,7,9,11-13H,4,6,8,10,14-18H2,1H3;1-2H3. The number of halogens is 1. The summed E-state index contributed by atoms with van der Waals surface area (Å²) in [6.07, 6.45) is 17.4. The van der Waals surface area contributed by atoms with Gasteiger partial charge >= 0.3 is 0 Å². The minimum atomic E-state index is -0.444. The fraction of sp³-hybridized carbons (Fsp3) is 0.469. The van der Waals surface area contributed by atoms with Gasteiger partial charge in [-0.3, -0.25) is 9.80 Å². The topological polar surface area (TPSA) is 57.2 Å². The third-order valence-electron chi connectivity index (χ3n) is 11.6. The molecule has 0 amide bonds. The van der Waals surface area contributed by atoms with Crippen LogP contribution in [0, 0.1) is 0 Å². The third kappa shape index (κ3) is 11.7. The van der Waals surface area contributed by atoms with E-state index in [4.69, 9.17) is 9.47 Å². The summed E-state index contributed by atoms with van der Waals surface area (Å²) >= 11 is 0. The van der Waals surface area contributed by atoms with Crippen LogP contribution in [-0.2, 0) is 12.8 Å². The number of methoxy groups -OCH3 is 1. The number of anilines is 2. The number of piperazine rings is 2.